The molecule has 0 spiro atoms. The molecule has 0 saturated carbocycles. The lowest BCUT2D eigenvalue weighted by atomic mass is 10.1. The molecule has 2 N–H and O–H groups in total. The Labute approximate surface area is 99.1 Å². The van der Waals surface area contributed by atoms with Gasteiger partial charge in [0.25, 0.3) is 0 Å². The number of hydrogen-bond donors (Lipinski definition) is 1. The second-order valence-corrected chi connectivity index (χ2v) is 3.48. The number of nitrogens with zero attached hydrogens (tertiary/aromatic N) is 1. The van der Waals surface area contributed by atoms with Gasteiger partial charge in [-0.15, -0.1) is 0 Å². The first kappa shape index (κ1) is 11.5. The third-order valence-corrected chi connectivity index (χ3v) is 2.31. The molecule has 4 heteroatoms. The molecule has 0 saturated heterocycles. The van der Waals surface area contributed by atoms with Crippen LogP contribution in [0.4, 0.5) is 4.39 Å². The Morgan fingerprint density at radius 1 is 1.12 bits per heavy atom. The molecule has 17 heavy (non-hydrogen) atoms. The molecule has 0 aliphatic carbocycles. The van der Waals surface area contributed by atoms with Crippen molar-refractivity contribution in [3.05, 3.63) is 48.5 Å². The predicted octanol–water partition coefficient (Wildman–Crippen LogP) is 2.23. The molecule has 0 bridgehead atoms. The Morgan fingerprint density at radius 3 is 2.65 bits per heavy atom. The van der Waals surface area contributed by atoms with Crippen LogP contribution in [0.2, 0.25) is 0 Å². The summed E-state index contributed by atoms with van der Waals surface area (Å²) in [5.41, 5.74) is 6.50. The Balaban J connectivity index is 2.41. The van der Waals surface area contributed by atoms with Gasteiger partial charge in [-0.3, -0.25) is 0 Å². The maximum Gasteiger partial charge on any atom is 0.220 e. The van der Waals surface area contributed by atoms with E-state index < -0.39 is 5.95 Å². The zero-order chi connectivity index (χ0) is 12.1. The van der Waals surface area contributed by atoms with Crippen molar-refractivity contribution in [3.63, 3.8) is 0 Å². The van der Waals surface area contributed by atoms with Crippen molar-refractivity contribution in [2.45, 2.75) is 0 Å². The van der Waals surface area contributed by atoms with Gasteiger partial charge in [0.15, 0.2) is 0 Å². The summed E-state index contributed by atoms with van der Waals surface area (Å²) in [5, 5.41) is 0. The summed E-state index contributed by atoms with van der Waals surface area (Å²) in [7, 11) is 0. The lowest BCUT2D eigenvalue weighted by Crippen LogP contribution is -2.11. The zero-order valence-electron chi connectivity index (χ0n) is 9.27. The molecule has 2 rings (SSSR count). The fraction of sp³-hybridized carbons (Fsp3) is 0.154. The van der Waals surface area contributed by atoms with E-state index in [2.05, 4.69) is 4.98 Å². The summed E-state index contributed by atoms with van der Waals surface area (Å²) >= 11 is 0. The van der Waals surface area contributed by atoms with Crippen molar-refractivity contribution in [1.82, 2.24) is 4.98 Å². The van der Waals surface area contributed by atoms with Crippen LogP contribution in [0.5, 0.6) is 5.75 Å². The molecule has 0 atom stereocenters. The van der Waals surface area contributed by atoms with Gasteiger partial charge in [0, 0.05) is 23.9 Å². The molecule has 0 radical (unpaired) electrons. The van der Waals surface area contributed by atoms with Crippen LogP contribution in [0.3, 0.4) is 0 Å². The summed E-state index contributed by atoms with van der Waals surface area (Å²) in [6.45, 7) is 0.822. The normalized spacial score (nSPS) is 10.2. The standard InChI is InChI=1S/C13H13FN2O/c14-13-11(5-3-8-16-13)10-4-1-2-6-12(10)17-9-7-15/h1-6,8H,7,9,15H2. The molecule has 2 aromatic rings. The number of para-hydroxylation sites is 1. The highest BCUT2D eigenvalue weighted by Gasteiger charge is 2.10. The second kappa shape index (κ2) is 5.41. The summed E-state index contributed by atoms with van der Waals surface area (Å²) < 4.78 is 19.1. The molecule has 0 aliphatic rings. The first-order valence-corrected chi connectivity index (χ1v) is 5.35. The number of ether oxygens (including phenoxy) is 1. The third kappa shape index (κ3) is 2.60. The molecule has 3 nitrogen and oxygen atoms in total. The van der Waals surface area contributed by atoms with E-state index >= 15 is 0 Å². The predicted molar refractivity (Wildman–Crippen MR) is 64.2 cm³/mol. The molecule has 0 amide bonds. The molecule has 1 heterocycles. The number of rotatable bonds is 4. The highest BCUT2D eigenvalue weighted by Crippen LogP contribution is 2.30. The minimum Gasteiger partial charge on any atom is -0.492 e. The fourth-order valence-corrected chi connectivity index (χ4v) is 1.57. The minimum atomic E-state index is -0.503. The van der Waals surface area contributed by atoms with Gasteiger partial charge in [-0.2, -0.15) is 4.39 Å². The van der Waals surface area contributed by atoms with Gasteiger partial charge in [-0.1, -0.05) is 18.2 Å². The van der Waals surface area contributed by atoms with E-state index in [4.69, 9.17) is 10.5 Å². The van der Waals surface area contributed by atoms with Crippen molar-refractivity contribution in [2.24, 2.45) is 5.73 Å². The van der Waals surface area contributed by atoms with Crippen molar-refractivity contribution in [2.75, 3.05) is 13.2 Å². The van der Waals surface area contributed by atoms with E-state index in [0.29, 0.717) is 30.0 Å². The molecule has 1 aromatic heterocycles. The number of nitrogens with two attached hydrogens (primary N) is 1. The zero-order valence-corrected chi connectivity index (χ0v) is 9.27. The highest BCUT2D eigenvalue weighted by atomic mass is 19.1. The van der Waals surface area contributed by atoms with Gasteiger partial charge < -0.3 is 10.5 Å². The van der Waals surface area contributed by atoms with Crippen LogP contribution in [0, 0.1) is 5.95 Å². The molecular weight excluding hydrogens is 219 g/mol. The molecular formula is C13H13FN2O. The van der Waals surface area contributed by atoms with Gasteiger partial charge >= 0.3 is 0 Å². The van der Waals surface area contributed by atoms with Crippen molar-refractivity contribution >= 4 is 0 Å². The molecule has 0 aliphatic heterocycles. The lowest BCUT2D eigenvalue weighted by molar-refractivity contribution is 0.329. The summed E-state index contributed by atoms with van der Waals surface area (Å²) in [6, 6.07) is 10.6. The fourth-order valence-electron chi connectivity index (χ4n) is 1.57. The average molecular weight is 232 g/mol. The first-order chi connectivity index (χ1) is 8.33. The minimum absolute atomic E-state index is 0.402. The Bertz CT molecular complexity index is 502. The second-order valence-electron chi connectivity index (χ2n) is 3.48. The number of pyridine rings is 1. The van der Waals surface area contributed by atoms with E-state index in [9.17, 15) is 4.39 Å². The largest absolute Gasteiger partial charge is 0.492 e. The topological polar surface area (TPSA) is 48.1 Å². The van der Waals surface area contributed by atoms with Crippen molar-refractivity contribution in [3.8, 4) is 16.9 Å². The summed E-state index contributed by atoms with van der Waals surface area (Å²) in [4.78, 5) is 3.63. The van der Waals surface area contributed by atoms with Crippen LogP contribution >= 0.6 is 0 Å². The van der Waals surface area contributed by atoms with Crippen LogP contribution < -0.4 is 10.5 Å². The number of hydrogen-bond acceptors (Lipinski definition) is 3. The molecule has 0 fully saturated rings. The third-order valence-electron chi connectivity index (χ3n) is 2.31. The van der Waals surface area contributed by atoms with Crippen LogP contribution in [0.1, 0.15) is 0 Å². The molecule has 88 valence electrons. The Kier molecular flexibility index (Phi) is 3.67. The van der Waals surface area contributed by atoms with Crippen molar-refractivity contribution in [1.29, 1.82) is 0 Å². The van der Waals surface area contributed by atoms with Crippen LogP contribution in [0.25, 0.3) is 11.1 Å². The van der Waals surface area contributed by atoms with Crippen LogP contribution in [0.15, 0.2) is 42.6 Å². The monoisotopic (exact) mass is 232 g/mol. The van der Waals surface area contributed by atoms with Gasteiger partial charge in [-0.05, 0) is 18.2 Å². The number of aromatic nitrogens is 1. The quantitative estimate of drug-likeness (QED) is 0.822. The molecule has 0 unspecified atom stereocenters. The smallest absolute Gasteiger partial charge is 0.220 e. The average Bonchev–Trinajstić information content (AvgIpc) is 2.37. The van der Waals surface area contributed by atoms with Gasteiger partial charge in [0.1, 0.15) is 12.4 Å². The van der Waals surface area contributed by atoms with Gasteiger partial charge in [0.05, 0.1) is 0 Å². The highest BCUT2D eigenvalue weighted by molar-refractivity contribution is 5.69. The van der Waals surface area contributed by atoms with Gasteiger partial charge in [-0.25, -0.2) is 4.98 Å². The number of halogens is 1. The number of benzene rings is 1. The maximum absolute atomic E-state index is 13.6. The van der Waals surface area contributed by atoms with Crippen LogP contribution in [-0.4, -0.2) is 18.1 Å². The van der Waals surface area contributed by atoms with E-state index in [1.165, 1.54) is 6.20 Å². The summed E-state index contributed by atoms with van der Waals surface area (Å²) in [6.07, 6.45) is 1.42. The van der Waals surface area contributed by atoms with Gasteiger partial charge in [0.2, 0.25) is 5.95 Å². The van der Waals surface area contributed by atoms with Crippen LogP contribution in [-0.2, 0) is 0 Å². The van der Waals surface area contributed by atoms with E-state index in [1.807, 2.05) is 12.1 Å². The first-order valence-electron chi connectivity index (χ1n) is 5.35. The molecule has 1 aromatic carbocycles. The van der Waals surface area contributed by atoms with E-state index in [1.54, 1.807) is 24.3 Å². The van der Waals surface area contributed by atoms with E-state index in [0.717, 1.165) is 0 Å². The van der Waals surface area contributed by atoms with Crippen molar-refractivity contribution < 1.29 is 9.13 Å². The Hall–Kier alpha value is -1.94. The SMILES string of the molecule is NCCOc1ccccc1-c1cccnc1F. The van der Waals surface area contributed by atoms with E-state index in [-0.39, 0.29) is 0 Å². The lowest BCUT2D eigenvalue weighted by Gasteiger charge is -2.10. The maximum atomic E-state index is 13.6. The Morgan fingerprint density at radius 2 is 1.88 bits per heavy atom. The summed E-state index contributed by atoms with van der Waals surface area (Å²) in [5.74, 6) is 0.112.